The maximum Gasteiger partial charge on any atom is 0.261 e. The van der Waals surface area contributed by atoms with E-state index >= 15 is 0 Å². The van der Waals surface area contributed by atoms with Crippen molar-refractivity contribution in [1.82, 2.24) is 0 Å². The van der Waals surface area contributed by atoms with Gasteiger partial charge in [-0.05, 0) is 43.5 Å². The smallest absolute Gasteiger partial charge is 0.261 e. The summed E-state index contributed by atoms with van der Waals surface area (Å²) in [5, 5.41) is 3.03. The Labute approximate surface area is 178 Å². The lowest BCUT2D eigenvalue weighted by molar-refractivity contribution is -0.121. The maximum absolute atomic E-state index is 13.4. The summed E-state index contributed by atoms with van der Waals surface area (Å²) in [6, 6.07) is 13.2. The highest BCUT2D eigenvalue weighted by atomic mass is 32.2. The Morgan fingerprint density at radius 1 is 1.00 bits per heavy atom. The van der Waals surface area contributed by atoms with Crippen molar-refractivity contribution in [2.24, 2.45) is 0 Å². The van der Waals surface area contributed by atoms with Gasteiger partial charge in [0.25, 0.3) is 11.7 Å². The highest BCUT2D eigenvalue weighted by molar-refractivity contribution is 8.02. The van der Waals surface area contributed by atoms with Crippen LogP contribution in [0, 0.1) is 0 Å². The third-order valence-corrected chi connectivity index (χ3v) is 7.91. The molecule has 7 heteroatoms. The number of nitrogens with one attached hydrogen (secondary N) is 1. The molecule has 4 aliphatic rings. The molecule has 2 aromatic rings. The normalized spacial score (nSPS) is 25.3. The average molecular weight is 423 g/mol. The molecule has 3 aliphatic heterocycles. The number of thioether (sulfide) groups is 1. The SMILES string of the molecule is O=C1CCC2(C(=O)Nc3ccc4c(c3)OC3(CCCCC3)O4)Sc3ccccc3N12. The van der Waals surface area contributed by atoms with E-state index in [1.54, 1.807) is 4.90 Å². The van der Waals surface area contributed by atoms with Crippen molar-refractivity contribution in [2.45, 2.75) is 60.5 Å². The van der Waals surface area contributed by atoms with E-state index in [9.17, 15) is 9.59 Å². The van der Waals surface area contributed by atoms with E-state index < -0.39 is 10.7 Å². The molecule has 154 valence electrons. The van der Waals surface area contributed by atoms with Crippen LogP contribution in [0.4, 0.5) is 11.4 Å². The summed E-state index contributed by atoms with van der Waals surface area (Å²) in [4.78, 5) is 27.7. The van der Waals surface area contributed by atoms with Crippen LogP contribution in [0.15, 0.2) is 47.4 Å². The predicted octanol–water partition coefficient (Wildman–Crippen LogP) is 4.69. The van der Waals surface area contributed by atoms with E-state index in [1.807, 2.05) is 42.5 Å². The standard InChI is InChI=1S/C23H22N2O4S/c26-20-10-13-23(25(20)16-6-2-3-7-19(16)30-23)21(27)24-15-8-9-17-18(14-15)29-22(28-17)11-4-1-5-12-22/h2-3,6-9,14H,1,4-5,10-13H2,(H,24,27). The molecule has 0 bridgehead atoms. The van der Waals surface area contributed by atoms with Gasteiger partial charge in [-0.3, -0.25) is 14.5 Å². The molecule has 1 saturated carbocycles. The van der Waals surface area contributed by atoms with E-state index in [1.165, 1.54) is 18.2 Å². The van der Waals surface area contributed by atoms with Crippen LogP contribution in [0.1, 0.15) is 44.9 Å². The number of benzene rings is 2. The molecule has 1 atom stereocenters. The summed E-state index contributed by atoms with van der Waals surface area (Å²) in [6.07, 6.45) is 6.05. The molecule has 2 fully saturated rings. The molecule has 1 aliphatic carbocycles. The first kappa shape index (κ1) is 18.1. The monoisotopic (exact) mass is 422 g/mol. The van der Waals surface area contributed by atoms with Crippen LogP contribution in [0.3, 0.4) is 0 Å². The fraction of sp³-hybridized carbons (Fsp3) is 0.391. The molecule has 1 spiro atoms. The number of carbonyl (C=O) groups excluding carboxylic acids is 2. The number of carbonyl (C=O) groups is 2. The van der Waals surface area contributed by atoms with Crippen LogP contribution in [0.2, 0.25) is 0 Å². The third kappa shape index (κ3) is 2.57. The van der Waals surface area contributed by atoms with Gasteiger partial charge in [0.15, 0.2) is 16.4 Å². The zero-order chi connectivity index (χ0) is 20.3. The Hall–Kier alpha value is -2.67. The molecule has 0 radical (unpaired) electrons. The van der Waals surface area contributed by atoms with Gasteiger partial charge in [-0.25, -0.2) is 0 Å². The molecule has 6 rings (SSSR count). The molecule has 2 amide bonds. The Bertz CT molecular complexity index is 1060. The minimum absolute atomic E-state index is 0.00692. The summed E-state index contributed by atoms with van der Waals surface area (Å²) >= 11 is 1.47. The molecule has 1 saturated heterocycles. The van der Waals surface area contributed by atoms with Crippen LogP contribution >= 0.6 is 11.8 Å². The minimum atomic E-state index is -0.929. The first-order valence-corrected chi connectivity index (χ1v) is 11.3. The number of fused-ring (bicyclic) bond motifs is 4. The van der Waals surface area contributed by atoms with Crippen LogP contribution in [0.5, 0.6) is 11.5 Å². The van der Waals surface area contributed by atoms with Crippen LogP contribution in [0.25, 0.3) is 0 Å². The Kier molecular flexibility index (Phi) is 3.87. The van der Waals surface area contributed by atoms with Crippen molar-refractivity contribution in [1.29, 1.82) is 0 Å². The lowest BCUT2D eigenvalue weighted by atomic mass is 9.94. The number of nitrogens with zero attached hydrogens (tertiary/aromatic N) is 1. The van der Waals surface area contributed by atoms with Crippen LogP contribution in [-0.4, -0.2) is 22.5 Å². The molecule has 1 N–H and O–H groups in total. The second kappa shape index (κ2) is 6.41. The average Bonchev–Trinajstić information content (AvgIpc) is 3.38. The number of rotatable bonds is 2. The second-order valence-corrected chi connectivity index (χ2v) is 9.69. The highest BCUT2D eigenvalue weighted by Gasteiger charge is 2.57. The van der Waals surface area contributed by atoms with Crippen molar-refractivity contribution in [3.63, 3.8) is 0 Å². The molecule has 30 heavy (non-hydrogen) atoms. The van der Waals surface area contributed by atoms with Gasteiger partial charge in [-0.1, -0.05) is 30.3 Å². The third-order valence-electron chi connectivity index (χ3n) is 6.44. The first-order valence-electron chi connectivity index (χ1n) is 10.5. The fourth-order valence-corrected chi connectivity index (χ4v) is 6.41. The lowest BCUT2D eigenvalue weighted by Crippen LogP contribution is -2.49. The van der Waals surface area contributed by atoms with Crippen molar-refractivity contribution < 1.29 is 19.1 Å². The predicted molar refractivity (Wildman–Crippen MR) is 114 cm³/mol. The van der Waals surface area contributed by atoms with Crippen molar-refractivity contribution in [3.05, 3.63) is 42.5 Å². The number of ether oxygens (including phenoxy) is 2. The summed E-state index contributed by atoms with van der Waals surface area (Å²) in [7, 11) is 0. The van der Waals surface area contributed by atoms with E-state index in [-0.39, 0.29) is 11.8 Å². The number of hydrogen-bond acceptors (Lipinski definition) is 5. The minimum Gasteiger partial charge on any atom is -0.448 e. The van der Waals surface area contributed by atoms with Crippen molar-refractivity contribution >= 4 is 35.0 Å². The molecule has 3 heterocycles. The van der Waals surface area contributed by atoms with E-state index in [0.29, 0.717) is 24.3 Å². The maximum atomic E-state index is 13.4. The fourth-order valence-electron chi connectivity index (χ4n) is 4.99. The van der Waals surface area contributed by atoms with Gasteiger partial charge in [0.1, 0.15) is 0 Å². The Morgan fingerprint density at radius 2 is 1.80 bits per heavy atom. The van der Waals surface area contributed by atoms with Gasteiger partial charge >= 0.3 is 0 Å². The summed E-state index contributed by atoms with van der Waals surface area (Å²) in [5.41, 5.74) is 1.48. The topological polar surface area (TPSA) is 67.9 Å². The molecule has 1 unspecified atom stereocenters. The second-order valence-electron chi connectivity index (χ2n) is 8.37. The zero-order valence-electron chi connectivity index (χ0n) is 16.5. The van der Waals surface area contributed by atoms with Gasteiger partial charge < -0.3 is 14.8 Å². The zero-order valence-corrected chi connectivity index (χ0v) is 17.3. The van der Waals surface area contributed by atoms with Gasteiger partial charge in [0.05, 0.1) is 5.69 Å². The van der Waals surface area contributed by atoms with Gasteiger partial charge in [-0.2, -0.15) is 0 Å². The molecular formula is C23H22N2O4S. The van der Waals surface area contributed by atoms with E-state index in [2.05, 4.69) is 5.32 Å². The van der Waals surface area contributed by atoms with Gasteiger partial charge in [0.2, 0.25) is 5.91 Å². The largest absolute Gasteiger partial charge is 0.448 e. The summed E-state index contributed by atoms with van der Waals surface area (Å²) < 4.78 is 12.3. The number of para-hydroxylation sites is 1. The van der Waals surface area contributed by atoms with Gasteiger partial charge in [0, 0.05) is 35.9 Å². The van der Waals surface area contributed by atoms with Gasteiger partial charge in [-0.15, -0.1) is 0 Å². The summed E-state index contributed by atoms with van der Waals surface area (Å²) in [6.45, 7) is 0. The van der Waals surface area contributed by atoms with E-state index in [4.69, 9.17) is 9.47 Å². The van der Waals surface area contributed by atoms with Crippen molar-refractivity contribution in [2.75, 3.05) is 10.2 Å². The molecule has 2 aromatic carbocycles. The number of hydrogen-bond donors (Lipinski definition) is 1. The molecular weight excluding hydrogens is 400 g/mol. The summed E-state index contributed by atoms with van der Waals surface area (Å²) in [5.74, 6) is 0.676. The first-order chi connectivity index (χ1) is 14.6. The Morgan fingerprint density at radius 3 is 2.67 bits per heavy atom. The Balaban J connectivity index is 1.26. The van der Waals surface area contributed by atoms with Crippen LogP contribution in [-0.2, 0) is 9.59 Å². The quantitative estimate of drug-likeness (QED) is 0.761. The van der Waals surface area contributed by atoms with Crippen molar-refractivity contribution in [3.8, 4) is 11.5 Å². The number of anilines is 2. The number of amides is 2. The molecule has 0 aromatic heterocycles. The molecule has 6 nitrogen and oxygen atoms in total. The highest BCUT2D eigenvalue weighted by Crippen LogP contribution is 2.56. The lowest BCUT2D eigenvalue weighted by Gasteiger charge is -2.31. The van der Waals surface area contributed by atoms with Crippen LogP contribution < -0.4 is 19.7 Å². The van der Waals surface area contributed by atoms with E-state index in [0.717, 1.165) is 42.0 Å².